The average molecular weight is 574 g/mol. The highest BCUT2D eigenvalue weighted by Crippen LogP contribution is 2.30. The number of ether oxygens (including phenoxy) is 1. The van der Waals surface area contributed by atoms with Gasteiger partial charge in [-0.2, -0.15) is 0 Å². The monoisotopic (exact) mass is 573 g/mol. The largest absolute Gasteiger partial charge is 0.371 e. The number of hydrogen-bond acceptors (Lipinski definition) is 9. The van der Waals surface area contributed by atoms with Gasteiger partial charge >= 0.3 is 5.91 Å². The number of rotatable bonds is 10. The van der Waals surface area contributed by atoms with Gasteiger partial charge in [0.25, 0.3) is 0 Å². The van der Waals surface area contributed by atoms with Crippen molar-refractivity contribution >= 4 is 40.9 Å². The number of ketones is 2. The van der Waals surface area contributed by atoms with Crippen LogP contribution in [0.15, 0.2) is 18.2 Å². The molecule has 41 heavy (non-hydrogen) atoms. The minimum Gasteiger partial charge on any atom is -0.371 e. The Kier molecular flexibility index (Phi) is 10.0. The summed E-state index contributed by atoms with van der Waals surface area (Å²) in [5.74, 6) is -3.90. The van der Waals surface area contributed by atoms with E-state index in [1.807, 2.05) is 0 Å². The van der Waals surface area contributed by atoms with Crippen LogP contribution in [0, 0.1) is 10.8 Å². The minimum absolute atomic E-state index is 0.0668. The van der Waals surface area contributed by atoms with Gasteiger partial charge in [0.2, 0.25) is 17.7 Å². The molecule has 222 valence electrons. The number of carbonyl (C=O) groups excluding carboxylic acids is 6. The van der Waals surface area contributed by atoms with Crippen molar-refractivity contribution < 1.29 is 38.8 Å². The normalized spacial score (nSPS) is 21.0. The molecule has 14 heteroatoms. The van der Waals surface area contributed by atoms with E-state index in [2.05, 4.69) is 10.6 Å². The molecule has 0 saturated carbocycles. The molecule has 1 fully saturated rings. The molecule has 0 spiro atoms. The van der Waals surface area contributed by atoms with Crippen molar-refractivity contribution in [3.05, 3.63) is 34.2 Å². The number of benzene rings is 1. The van der Waals surface area contributed by atoms with Gasteiger partial charge < -0.3 is 26.0 Å². The Morgan fingerprint density at radius 3 is 2.37 bits per heavy atom. The summed E-state index contributed by atoms with van der Waals surface area (Å²) in [5, 5.41) is 7.42. The first-order chi connectivity index (χ1) is 19.3. The molecule has 0 aromatic heterocycles. The van der Waals surface area contributed by atoms with Gasteiger partial charge in [-0.25, -0.2) is 0 Å². The number of hydrazine groups is 1. The molecule has 1 unspecified atom stereocenters. The van der Waals surface area contributed by atoms with Crippen LogP contribution in [0.25, 0.3) is 0 Å². The van der Waals surface area contributed by atoms with Crippen molar-refractivity contribution in [2.24, 2.45) is 11.7 Å². The van der Waals surface area contributed by atoms with Crippen LogP contribution in [0.4, 0.5) is 5.69 Å². The molecule has 1 aromatic rings. The second-order valence-electron chi connectivity index (χ2n) is 10.6. The van der Waals surface area contributed by atoms with E-state index in [9.17, 15) is 33.7 Å². The highest BCUT2D eigenvalue weighted by molar-refractivity contribution is 6.18. The van der Waals surface area contributed by atoms with E-state index in [0.717, 1.165) is 0 Å². The molecule has 2 heterocycles. The maximum atomic E-state index is 13.9. The fourth-order valence-electron chi connectivity index (χ4n) is 5.03. The number of fused-ring (bicyclic) bond motifs is 1. The third kappa shape index (κ3) is 6.49. The lowest BCUT2D eigenvalue weighted by atomic mass is 9.89. The van der Waals surface area contributed by atoms with Crippen LogP contribution in [-0.2, 0) is 23.9 Å². The molecule has 14 nitrogen and oxygen atoms in total. The standard InChI is InChI=1S/C27H36N6O8/c1-13(2)22(30-25(37)18-10-7-11-32(18)26(38)15(4)29-24(36)14(3)28)23(35)16-8-6-9-17-21(16)19(34)12-20(41-5)27(39)33(17)31-40/h6,8-9,13-15,18,20,22H,7,10-12,28H2,1-5H3,(H,29,36)(H,30,37)/p+1/t14-,15-,18-,20?,22-/m0/s1. The topological polar surface area (TPSA) is 199 Å². The molecule has 5 N–H and O–H groups in total. The van der Waals surface area contributed by atoms with Crippen LogP contribution in [0.1, 0.15) is 67.7 Å². The molecule has 3 rings (SSSR count). The number of nitrogens with one attached hydrogen (secondary N) is 3. The van der Waals surface area contributed by atoms with E-state index in [-0.39, 0.29) is 23.2 Å². The first-order valence-electron chi connectivity index (χ1n) is 13.5. The fraction of sp³-hybridized carbons (Fsp3) is 0.556. The molecule has 2 aliphatic rings. The van der Waals surface area contributed by atoms with Crippen LogP contribution < -0.4 is 26.7 Å². The number of nitroso groups, excluding NO2 is 1. The second-order valence-corrected chi connectivity index (χ2v) is 10.6. The number of methoxy groups -OCH3 is 1. The van der Waals surface area contributed by atoms with Gasteiger partial charge in [-0.05, 0) is 43.7 Å². The number of amides is 4. The Hall–Kier alpha value is -4.04. The van der Waals surface area contributed by atoms with Gasteiger partial charge in [0.15, 0.2) is 11.6 Å². The predicted octanol–water partition coefficient (Wildman–Crippen LogP) is -1.45. The van der Waals surface area contributed by atoms with Gasteiger partial charge in [0.1, 0.15) is 29.2 Å². The second kappa shape index (κ2) is 13.1. The summed E-state index contributed by atoms with van der Waals surface area (Å²) in [6.07, 6.45) is -0.716. The molecular formula is C27H37N6O8+. The minimum atomic E-state index is -1.23. The Morgan fingerprint density at radius 2 is 1.78 bits per heavy atom. The van der Waals surface area contributed by atoms with E-state index in [4.69, 9.17) is 10.5 Å². The smallest absolute Gasteiger partial charge is 0.316 e. The highest BCUT2D eigenvalue weighted by atomic mass is 16.5. The van der Waals surface area contributed by atoms with Crippen molar-refractivity contribution in [2.75, 3.05) is 18.7 Å². The van der Waals surface area contributed by atoms with Gasteiger partial charge in [0.05, 0.1) is 17.6 Å². The lowest BCUT2D eigenvalue weighted by molar-refractivity contribution is -0.485. The number of likely N-dealkylation sites (tertiary alicyclic amines) is 1. The van der Waals surface area contributed by atoms with Gasteiger partial charge in [-0.15, -0.1) is 0 Å². The lowest BCUT2D eigenvalue weighted by Gasteiger charge is -2.30. The Morgan fingerprint density at radius 1 is 1.10 bits per heavy atom. The Bertz CT molecular complexity index is 1250. The van der Waals surface area contributed by atoms with Crippen molar-refractivity contribution in [3.8, 4) is 0 Å². The molecule has 1 aromatic carbocycles. The molecule has 1 saturated heterocycles. The Labute approximate surface area is 237 Å². The SMILES string of the molecule is COC1CC(=O)c2c(C(=O)[C@@H](NC(=O)[C@@H]3CCCN3C(=O)[C@H](C)NC(=O)[C@H](C)N)C(C)C)cccc2N([NH+]=O)C1=O. The number of anilines is 1. The number of carbonyl (C=O) groups is 6. The summed E-state index contributed by atoms with van der Waals surface area (Å²) in [5.41, 5.74) is 5.28. The summed E-state index contributed by atoms with van der Waals surface area (Å²) < 4.78 is 5.10. The van der Waals surface area contributed by atoms with Gasteiger partial charge in [-0.1, -0.05) is 26.0 Å². The van der Waals surface area contributed by atoms with Crippen molar-refractivity contribution in [1.29, 1.82) is 0 Å². The number of nitrogens with two attached hydrogens (primary N) is 1. The molecule has 0 aliphatic carbocycles. The zero-order valence-corrected chi connectivity index (χ0v) is 23.8. The molecule has 2 aliphatic heterocycles. The van der Waals surface area contributed by atoms with Gasteiger partial charge in [-0.3, -0.25) is 28.8 Å². The zero-order valence-electron chi connectivity index (χ0n) is 23.8. The number of hydrogen-bond donors (Lipinski definition) is 4. The number of nitrogens with zero attached hydrogens (tertiary/aromatic N) is 2. The van der Waals surface area contributed by atoms with Crippen LogP contribution in [0.2, 0.25) is 0 Å². The maximum absolute atomic E-state index is 13.9. The summed E-state index contributed by atoms with van der Waals surface area (Å²) in [6, 6.07) is 0.498. The van der Waals surface area contributed by atoms with E-state index in [1.165, 1.54) is 49.3 Å². The van der Waals surface area contributed by atoms with Crippen LogP contribution in [0.5, 0.6) is 0 Å². The summed E-state index contributed by atoms with van der Waals surface area (Å²) in [7, 11) is 1.23. The van der Waals surface area contributed by atoms with Crippen molar-refractivity contribution in [3.63, 3.8) is 0 Å². The average Bonchev–Trinajstić information content (AvgIpc) is 3.40. The van der Waals surface area contributed by atoms with E-state index >= 15 is 0 Å². The molecular weight excluding hydrogens is 536 g/mol. The third-order valence-corrected chi connectivity index (χ3v) is 7.30. The van der Waals surface area contributed by atoms with Gasteiger partial charge in [0, 0.05) is 30.5 Å². The summed E-state index contributed by atoms with van der Waals surface area (Å²) in [6.45, 7) is 6.72. The Balaban J connectivity index is 1.88. The van der Waals surface area contributed by atoms with Crippen molar-refractivity contribution in [2.45, 2.75) is 77.2 Å². The summed E-state index contributed by atoms with van der Waals surface area (Å²) >= 11 is 0. The van der Waals surface area contributed by atoms with Crippen LogP contribution in [0.3, 0.4) is 0 Å². The number of Topliss-reactive ketones (excluding diaryl/α,β-unsaturated/α-hetero) is 2. The van der Waals surface area contributed by atoms with Crippen molar-refractivity contribution in [1.82, 2.24) is 15.5 Å². The summed E-state index contributed by atoms with van der Waals surface area (Å²) in [4.78, 5) is 91.4. The quantitative estimate of drug-likeness (QED) is 0.242. The maximum Gasteiger partial charge on any atom is 0.316 e. The van der Waals surface area contributed by atoms with E-state index < -0.39 is 71.4 Å². The highest BCUT2D eigenvalue weighted by Gasteiger charge is 2.42. The predicted molar refractivity (Wildman–Crippen MR) is 145 cm³/mol. The molecule has 4 amide bonds. The molecule has 5 atom stereocenters. The van der Waals surface area contributed by atoms with E-state index in [0.29, 0.717) is 24.4 Å². The fourth-order valence-corrected chi connectivity index (χ4v) is 5.03. The molecule has 0 radical (unpaired) electrons. The van der Waals surface area contributed by atoms with Crippen LogP contribution >= 0.6 is 0 Å². The van der Waals surface area contributed by atoms with Crippen LogP contribution in [-0.4, -0.2) is 84.0 Å². The first-order valence-corrected chi connectivity index (χ1v) is 13.5. The van der Waals surface area contributed by atoms with E-state index in [1.54, 1.807) is 13.8 Å². The molecule has 0 bridgehead atoms. The first kappa shape index (κ1) is 31.5. The lowest BCUT2D eigenvalue weighted by Crippen LogP contribution is -2.81. The third-order valence-electron chi connectivity index (χ3n) is 7.30. The zero-order chi connectivity index (χ0) is 30.6.